The van der Waals surface area contributed by atoms with Crippen LogP contribution in [-0.2, 0) is 6.54 Å². The first-order valence-corrected chi connectivity index (χ1v) is 6.97. The van der Waals surface area contributed by atoms with E-state index in [0.29, 0.717) is 31.2 Å². The fourth-order valence-corrected chi connectivity index (χ4v) is 2.39. The summed E-state index contributed by atoms with van der Waals surface area (Å²) >= 11 is 0. The van der Waals surface area contributed by atoms with Crippen molar-refractivity contribution in [2.75, 3.05) is 13.1 Å². The number of amidine groups is 1. The van der Waals surface area contributed by atoms with E-state index in [2.05, 4.69) is 4.99 Å². The van der Waals surface area contributed by atoms with Gasteiger partial charge in [0.1, 0.15) is 5.76 Å². The molecule has 120 valence electrons. The molecule has 0 amide bonds. The van der Waals surface area contributed by atoms with Gasteiger partial charge in [-0.2, -0.15) is 0 Å². The van der Waals surface area contributed by atoms with E-state index >= 15 is 0 Å². The Bertz CT molecular complexity index is 711. The smallest absolute Gasteiger partial charge is 0.314 e. The average Bonchev–Trinajstić information content (AvgIpc) is 3.17. The van der Waals surface area contributed by atoms with Crippen LogP contribution in [0, 0.1) is 10.1 Å². The molecule has 23 heavy (non-hydrogen) atoms. The number of hydrogen-bond acceptors (Lipinski definition) is 5. The Morgan fingerprint density at radius 2 is 2.09 bits per heavy atom. The zero-order chi connectivity index (χ0) is 15.4. The fourth-order valence-electron chi connectivity index (χ4n) is 2.39. The maximum absolute atomic E-state index is 11.4. The minimum Gasteiger partial charge on any atom is -0.465 e. The molecule has 2 aromatic rings. The summed E-state index contributed by atoms with van der Waals surface area (Å²) in [4.78, 5) is 17.2. The first kappa shape index (κ1) is 16.8. The molecule has 6 nitrogen and oxygen atoms in total. The second-order valence-corrected chi connectivity index (χ2v) is 4.91. The van der Waals surface area contributed by atoms with E-state index in [1.807, 2.05) is 35.2 Å². The summed E-state index contributed by atoms with van der Waals surface area (Å²) in [7, 11) is 0. The van der Waals surface area contributed by atoms with Gasteiger partial charge in [0.05, 0.1) is 23.8 Å². The van der Waals surface area contributed by atoms with Gasteiger partial charge in [-0.25, -0.2) is 0 Å². The molecule has 2 heterocycles. The van der Waals surface area contributed by atoms with Gasteiger partial charge in [-0.3, -0.25) is 15.1 Å². The second-order valence-electron chi connectivity index (χ2n) is 4.91. The van der Waals surface area contributed by atoms with E-state index in [1.54, 1.807) is 12.1 Å². The number of benzene rings is 1. The Morgan fingerprint density at radius 3 is 2.74 bits per heavy atom. The number of halogens is 1. The highest BCUT2D eigenvalue weighted by Crippen LogP contribution is 2.17. The zero-order valence-electron chi connectivity index (χ0n) is 12.3. The Balaban J connectivity index is 0.00000192. The zero-order valence-corrected chi connectivity index (χ0v) is 13.1. The van der Waals surface area contributed by atoms with E-state index in [4.69, 9.17) is 4.42 Å². The summed E-state index contributed by atoms with van der Waals surface area (Å²) in [5.41, 5.74) is 1.06. The van der Waals surface area contributed by atoms with Crippen molar-refractivity contribution in [1.29, 1.82) is 0 Å². The Labute approximate surface area is 139 Å². The Hall–Kier alpha value is -2.60. The van der Waals surface area contributed by atoms with Crippen LogP contribution in [-0.4, -0.2) is 28.7 Å². The monoisotopic (exact) mass is 333 g/mol. The van der Waals surface area contributed by atoms with E-state index in [0.717, 1.165) is 5.56 Å². The van der Waals surface area contributed by atoms with E-state index < -0.39 is 4.92 Å². The molecule has 1 aliphatic rings. The molecule has 3 rings (SSSR count). The quantitative estimate of drug-likeness (QED) is 0.622. The molecule has 1 aromatic heterocycles. The molecule has 0 atom stereocenters. The van der Waals surface area contributed by atoms with Gasteiger partial charge in [-0.15, -0.1) is 12.4 Å². The molecular weight excluding hydrogens is 318 g/mol. The number of hydrogen-bond donors (Lipinski definition) is 0. The van der Waals surface area contributed by atoms with Crippen molar-refractivity contribution >= 4 is 24.3 Å². The lowest BCUT2D eigenvalue weighted by Gasteiger charge is -2.18. The van der Waals surface area contributed by atoms with E-state index in [-0.39, 0.29) is 18.1 Å². The summed E-state index contributed by atoms with van der Waals surface area (Å²) in [6.45, 7) is 1.84. The highest BCUT2D eigenvalue weighted by Gasteiger charge is 2.29. The second kappa shape index (κ2) is 7.60. The summed E-state index contributed by atoms with van der Waals surface area (Å²) in [6.07, 6.45) is 2.91. The van der Waals surface area contributed by atoms with E-state index in [1.165, 1.54) is 12.3 Å². The maximum atomic E-state index is 11.4. The van der Waals surface area contributed by atoms with Crippen LogP contribution < -0.4 is 0 Å². The van der Waals surface area contributed by atoms with Crippen LogP contribution in [0.5, 0.6) is 0 Å². The molecule has 0 fully saturated rings. The summed E-state index contributed by atoms with van der Waals surface area (Å²) in [5, 5.41) is 11.4. The predicted molar refractivity (Wildman–Crippen MR) is 90.1 cm³/mol. The van der Waals surface area contributed by atoms with E-state index in [9.17, 15) is 10.1 Å². The van der Waals surface area contributed by atoms with Gasteiger partial charge in [-0.1, -0.05) is 30.3 Å². The largest absolute Gasteiger partial charge is 0.465 e. The summed E-state index contributed by atoms with van der Waals surface area (Å²) in [5.74, 6) is 0.853. The molecular formula is C16H16ClN3O3. The Morgan fingerprint density at radius 1 is 1.30 bits per heavy atom. The fraction of sp³-hybridized carbons (Fsp3) is 0.188. The third-order valence-corrected chi connectivity index (χ3v) is 3.40. The van der Waals surface area contributed by atoms with Crippen LogP contribution >= 0.6 is 12.4 Å². The number of furan rings is 1. The molecule has 0 saturated carbocycles. The molecule has 0 spiro atoms. The summed E-state index contributed by atoms with van der Waals surface area (Å²) in [6, 6.07) is 13.2. The number of rotatable bonds is 5. The van der Waals surface area contributed by atoms with Crippen molar-refractivity contribution in [3.63, 3.8) is 0 Å². The van der Waals surface area contributed by atoms with Gasteiger partial charge in [0.2, 0.25) is 5.84 Å². The lowest BCUT2D eigenvalue weighted by atomic mass is 10.2. The van der Waals surface area contributed by atoms with Crippen LogP contribution in [0.15, 0.2) is 63.8 Å². The number of nitro groups is 1. The van der Waals surface area contributed by atoms with Crippen LogP contribution in [0.1, 0.15) is 11.3 Å². The van der Waals surface area contributed by atoms with Crippen molar-refractivity contribution in [2.24, 2.45) is 4.99 Å². The summed E-state index contributed by atoms with van der Waals surface area (Å²) < 4.78 is 5.17. The minimum absolute atomic E-state index is 0. The van der Waals surface area contributed by atoms with Gasteiger partial charge >= 0.3 is 5.70 Å². The van der Waals surface area contributed by atoms with Crippen molar-refractivity contribution in [3.8, 4) is 0 Å². The molecule has 0 radical (unpaired) electrons. The standard InChI is InChI=1S/C16H15N3O3.ClH/c20-19(21)15(11-14-7-4-10-22-14)16-17-8-9-18(16)12-13-5-2-1-3-6-13;/h1-7,10-11H,8-9,12H2;1H/b15-11-;. The molecule has 0 aliphatic carbocycles. The molecule has 0 unspecified atom stereocenters. The van der Waals surface area contributed by atoms with Crippen molar-refractivity contribution in [1.82, 2.24) is 4.90 Å². The highest BCUT2D eigenvalue weighted by atomic mass is 35.5. The SMILES string of the molecule is Cl.O=[N+]([O-])/C(=C\c1ccco1)C1=NCCN1Cc1ccccc1. The number of nitrogens with zero attached hydrogens (tertiary/aromatic N) is 3. The molecule has 0 bridgehead atoms. The van der Waals surface area contributed by atoms with Gasteiger partial charge in [0, 0.05) is 13.1 Å². The van der Waals surface area contributed by atoms with Crippen LogP contribution in [0.4, 0.5) is 0 Å². The molecule has 0 saturated heterocycles. The molecule has 0 N–H and O–H groups in total. The normalized spacial score (nSPS) is 14.3. The van der Waals surface area contributed by atoms with Crippen molar-refractivity contribution < 1.29 is 9.34 Å². The lowest BCUT2D eigenvalue weighted by molar-refractivity contribution is -0.414. The third-order valence-electron chi connectivity index (χ3n) is 3.40. The van der Waals surface area contributed by atoms with Gasteiger partial charge in [0.25, 0.3) is 0 Å². The minimum atomic E-state index is -0.412. The van der Waals surface area contributed by atoms with Crippen molar-refractivity contribution in [2.45, 2.75) is 6.54 Å². The molecule has 1 aromatic carbocycles. The van der Waals surface area contributed by atoms with Crippen molar-refractivity contribution in [3.05, 3.63) is 75.9 Å². The topological polar surface area (TPSA) is 71.9 Å². The first-order valence-electron chi connectivity index (χ1n) is 6.97. The first-order chi connectivity index (χ1) is 10.7. The van der Waals surface area contributed by atoms with Crippen LogP contribution in [0.25, 0.3) is 6.08 Å². The van der Waals surface area contributed by atoms with Gasteiger partial charge in [0.15, 0.2) is 0 Å². The highest BCUT2D eigenvalue weighted by molar-refractivity contribution is 6.00. The predicted octanol–water partition coefficient (Wildman–Crippen LogP) is 3.23. The Kier molecular flexibility index (Phi) is 5.54. The lowest BCUT2D eigenvalue weighted by Crippen LogP contribution is -2.30. The molecule has 1 aliphatic heterocycles. The molecule has 7 heteroatoms. The number of aliphatic imine (C=N–C) groups is 1. The average molecular weight is 334 g/mol. The van der Waals surface area contributed by atoms with Crippen LogP contribution in [0.3, 0.4) is 0 Å². The van der Waals surface area contributed by atoms with Crippen LogP contribution in [0.2, 0.25) is 0 Å². The van der Waals surface area contributed by atoms with Gasteiger partial charge < -0.3 is 9.32 Å². The maximum Gasteiger partial charge on any atom is 0.314 e. The van der Waals surface area contributed by atoms with Gasteiger partial charge in [-0.05, 0) is 17.7 Å². The third kappa shape index (κ3) is 3.98.